The first kappa shape index (κ1) is 11.9. The molecule has 1 fully saturated rings. The second-order valence-corrected chi connectivity index (χ2v) is 5.33. The molecule has 18 heavy (non-hydrogen) atoms. The summed E-state index contributed by atoms with van der Waals surface area (Å²) in [5.74, 6) is 0. The fourth-order valence-corrected chi connectivity index (χ4v) is 3.12. The molecule has 0 saturated heterocycles. The fourth-order valence-electron chi connectivity index (χ4n) is 2.94. The average molecular weight is 266 g/mol. The SMILES string of the molecule is Cc1cc2c(Cl)ncnc2n1[C@@H]1CCCC[C@@H]1O. The molecule has 2 aromatic heterocycles. The molecule has 2 aromatic rings. The van der Waals surface area contributed by atoms with Crippen molar-refractivity contribution in [1.29, 1.82) is 0 Å². The molecule has 2 atom stereocenters. The van der Waals surface area contributed by atoms with Crippen LogP contribution in [0.15, 0.2) is 12.4 Å². The molecule has 0 aliphatic heterocycles. The van der Waals surface area contributed by atoms with Crippen LogP contribution in [-0.4, -0.2) is 25.7 Å². The van der Waals surface area contributed by atoms with Gasteiger partial charge in [-0.25, -0.2) is 9.97 Å². The predicted molar refractivity (Wildman–Crippen MR) is 70.8 cm³/mol. The van der Waals surface area contributed by atoms with Crippen molar-refractivity contribution >= 4 is 22.6 Å². The number of hydrogen-bond acceptors (Lipinski definition) is 3. The molecule has 5 heteroatoms. The average Bonchev–Trinajstić information content (AvgIpc) is 2.68. The highest BCUT2D eigenvalue weighted by Gasteiger charge is 2.27. The summed E-state index contributed by atoms with van der Waals surface area (Å²) in [7, 11) is 0. The third-order valence-electron chi connectivity index (χ3n) is 3.80. The van der Waals surface area contributed by atoms with Crippen LogP contribution in [0.3, 0.4) is 0 Å². The lowest BCUT2D eigenvalue weighted by atomic mass is 9.92. The molecule has 0 spiro atoms. The summed E-state index contributed by atoms with van der Waals surface area (Å²) in [5.41, 5.74) is 1.91. The molecule has 1 saturated carbocycles. The van der Waals surface area contributed by atoms with Crippen molar-refractivity contribution < 1.29 is 5.11 Å². The van der Waals surface area contributed by atoms with E-state index in [0.717, 1.165) is 42.4 Å². The molecule has 0 bridgehead atoms. The summed E-state index contributed by atoms with van der Waals surface area (Å²) in [6.45, 7) is 2.03. The van der Waals surface area contributed by atoms with Crippen molar-refractivity contribution in [2.75, 3.05) is 0 Å². The Labute approximate surface area is 111 Å². The monoisotopic (exact) mass is 265 g/mol. The second kappa shape index (κ2) is 4.52. The lowest BCUT2D eigenvalue weighted by molar-refractivity contribution is 0.0764. The second-order valence-electron chi connectivity index (χ2n) is 4.98. The van der Waals surface area contributed by atoms with E-state index in [1.165, 1.54) is 6.33 Å². The molecule has 4 nitrogen and oxygen atoms in total. The van der Waals surface area contributed by atoms with Gasteiger partial charge in [0, 0.05) is 5.69 Å². The van der Waals surface area contributed by atoms with E-state index < -0.39 is 0 Å². The molecule has 3 rings (SSSR count). The Bertz CT molecular complexity index is 581. The Morgan fingerprint density at radius 3 is 2.89 bits per heavy atom. The molecule has 2 heterocycles. The Morgan fingerprint density at radius 2 is 2.11 bits per heavy atom. The summed E-state index contributed by atoms with van der Waals surface area (Å²) in [5, 5.41) is 11.5. The van der Waals surface area contributed by atoms with Gasteiger partial charge < -0.3 is 9.67 Å². The number of aromatic nitrogens is 3. The van der Waals surface area contributed by atoms with E-state index in [0.29, 0.717) is 5.15 Å². The maximum atomic E-state index is 10.2. The van der Waals surface area contributed by atoms with E-state index >= 15 is 0 Å². The van der Waals surface area contributed by atoms with Crippen molar-refractivity contribution in [2.45, 2.75) is 44.8 Å². The number of aryl methyl sites for hydroxylation is 1. The Balaban J connectivity index is 2.16. The van der Waals surface area contributed by atoms with Crippen LogP contribution in [0, 0.1) is 6.92 Å². The van der Waals surface area contributed by atoms with Crippen LogP contribution in [0.1, 0.15) is 37.4 Å². The quantitative estimate of drug-likeness (QED) is 0.807. The van der Waals surface area contributed by atoms with Gasteiger partial charge in [0.1, 0.15) is 17.1 Å². The first-order chi connectivity index (χ1) is 8.68. The molecular weight excluding hydrogens is 250 g/mol. The summed E-state index contributed by atoms with van der Waals surface area (Å²) in [6.07, 6.45) is 5.30. The van der Waals surface area contributed by atoms with Gasteiger partial charge >= 0.3 is 0 Å². The molecule has 0 unspecified atom stereocenters. The van der Waals surface area contributed by atoms with Gasteiger partial charge in [-0.1, -0.05) is 24.4 Å². The van der Waals surface area contributed by atoms with Crippen LogP contribution in [0.2, 0.25) is 5.15 Å². The molecule has 0 radical (unpaired) electrons. The van der Waals surface area contributed by atoms with E-state index in [1.807, 2.05) is 13.0 Å². The first-order valence-electron chi connectivity index (χ1n) is 6.34. The van der Waals surface area contributed by atoms with Gasteiger partial charge in [0.05, 0.1) is 17.5 Å². The van der Waals surface area contributed by atoms with Crippen molar-refractivity contribution in [3.05, 3.63) is 23.2 Å². The third kappa shape index (κ3) is 1.80. The van der Waals surface area contributed by atoms with E-state index in [9.17, 15) is 5.11 Å². The fraction of sp³-hybridized carbons (Fsp3) is 0.538. The first-order valence-corrected chi connectivity index (χ1v) is 6.72. The van der Waals surface area contributed by atoms with Crippen LogP contribution in [0.4, 0.5) is 0 Å². The summed E-state index contributed by atoms with van der Waals surface area (Å²) < 4.78 is 2.12. The minimum absolute atomic E-state index is 0.113. The lowest BCUT2D eigenvalue weighted by Gasteiger charge is -2.30. The van der Waals surface area contributed by atoms with Crippen LogP contribution in [0.25, 0.3) is 11.0 Å². The number of aliphatic hydroxyl groups is 1. The van der Waals surface area contributed by atoms with Gasteiger partial charge in [0.2, 0.25) is 0 Å². The predicted octanol–water partition coefficient (Wildman–Crippen LogP) is 2.87. The summed E-state index contributed by atoms with van der Waals surface area (Å²) in [6, 6.07) is 2.11. The van der Waals surface area contributed by atoms with Crippen molar-refractivity contribution in [1.82, 2.24) is 14.5 Å². The van der Waals surface area contributed by atoms with E-state index in [-0.39, 0.29) is 12.1 Å². The van der Waals surface area contributed by atoms with E-state index in [2.05, 4.69) is 14.5 Å². The highest BCUT2D eigenvalue weighted by molar-refractivity contribution is 6.33. The van der Waals surface area contributed by atoms with Crippen molar-refractivity contribution in [3.63, 3.8) is 0 Å². The third-order valence-corrected chi connectivity index (χ3v) is 4.10. The topological polar surface area (TPSA) is 50.9 Å². The van der Waals surface area contributed by atoms with Gasteiger partial charge in [0.15, 0.2) is 0 Å². The van der Waals surface area contributed by atoms with Crippen LogP contribution in [-0.2, 0) is 0 Å². The maximum Gasteiger partial charge on any atom is 0.145 e. The van der Waals surface area contributed by atoms with E-state index in [4.69, 9.17) is 11.6 Å². The molecule has 1 aliphatic rings. The minimum atomic E-state index is -0.290. The Kier molecular flexibility index (Phi) is 2.99. The minimum Gasteiger partial charge on any atom is -0.391 e. The molecular formula is C13H16ClN3O. The smallest absolute Gasteiger partial charge is 0.145 e. The standard InChI is InChI=1S/C13H16ClN3O/c1-8-6-9-12(14)15-7-16-13(9)17(8)10-4-2-3-5-11(10)18/h6-7,10-11,18H,2-5H2,1H3/t10-,11+/m1/s1. The van der Waals surface area contributed by atoms with E-state index in [1.54, 1.807) is 0 Å². The highest BCUT2D eigenvalue weighted by Crippen LogP contribution is 2.34. The zero-order valence-corrected chi connectivity index (χ0v) is 11.1. The van der Waals surface area contributed by atoms with Gasteiger partial charge in [0.25, 0.3) is 0 Å². The number of halogens is 1. The van der Waals surface area contributed by atoms with Gasteiger partial charge in [-0.2, -0.15) is 0 Å². The number of fused-ring (bicyclic) bond motifs is 1. The van der Waals surface area contributed by atoms with Gasteiger partial charge in [-0.05, 0) is 25.8 Å². The number of aliphatic hydroxyl groups excluding tert-OH is 1. The van der Waals surface area contributed by atoms with Crippen LogP contribution >= 0.6 is 11.6 Å². The Morgan fingerprint density at radius 1 is 1.33 bits per heavy atom. The highest BCUT2D eigenvalue weighted by atomic mass is 35.5. The zero-order valence-electron chi connectivity index (χ0n) is 10.3. The van der Waals surface area contributed by atoms with Crippen molar-refractivity contribution in [2.24, 2.45) is 0 Å². The lowest BCUT2D eigenvalue weighted by Crippen LogP contribution is -2.28. The normalized spacial score (nSPS) is 24.6. The van der Waals surface area contributed by atoms with Crippen LogP contribution in [0.5, 0.6) is 0 Å². The molecule has 1 aliphatic carbocycles. The Hall–Kier alpha value is -1.13. The van der Waals surface area contributed by atoms with Gasteiger partial charge in [-0.3, -0.25) is 0 Å². The largest absolute Gasteiger partial charge is 0.391 e. The summed E-state index contributed by atoms with van der Waals surface area (Å²) >= 11 is 6.09. The van der Waals surface area contributed by atoms with Crippen LogP contribution < -0.4 is 0 Å². The molecule has 0 aromatic carbocycles. The van der Waals surface area contributed by atoms with Gasteiger partial charge in [-0.15, -0.1) is 0 Å². The maximum absolute atomic E-state index is 10.2. The number of rotatable bonds is 1. The number of hydrogen-bond donors (Lipinski definition) is 1. The zero-order chi connectivity index (χ0) is 12.7. The molecule has 1 N–H and O–H groups in total. The molecule has 96 valence electrons. The summed E-state index contributed by atoms with van der Waals surface area (Å²) in [4.78, 5) is 8.33. The van der Waals surface area contributed by atoms with Crippen molar-refractivity contribution in [3.8, 4) is 0 Å². The number of nitrogens with zero attached hydrogens (tertiary/aromatic N) is 3. The molecule has 0 amide bonds.